The third kappa shape index (κ3) is 3.69. The molecule has 0 bridgehead atoms. The molecule has 1 saturated carbocycles. The van der Waals surface area contributed by atoms with E-state index in [2.05, 4.69) is 23.9 Å². The van der Waals surface area contributed by atoms with Crippen LogP contribution in [-0.2, 0) is 0 Å². The summed E-state index contributed by atoms with van der Waals surface area (Å²) in [5.74, 6) is 0. The van der Waals surface area contributed by atoms with Crippen molar-refractivity contribution in [3.05, 3.63) is 0 Å². The molecule has 1 aliphatic heterocycles. The third-order valence-electron chi connectivity index (χ3n) is 4.93. The van der Waals surface area contributed by atoms with Gasteiger partial charge in [0.1, 0.15) is 0 Å². The highest BCUT2D eigenvalue weighted by molar-refractivity contribution is 4.84. The van der Waals surface area contributed by atoms with Crippen LogP contribution in [0.5, 0.6) is 0 Å². The Morgan fingerprint density at radius 1 is 1.06 bits per heavy atom. The lowest BCUT2D eigenvalue weighted by molar-refractivity contribution is 0.0349. The standard InChI is InChI=1S/C15H30N2O/c1-16-11-7-8-13(16)12-17(2)14-9-5-3-4-6-10-15(14)18/h13-15,18H,3-12H2,1-2H3. The van der Waals surface area contributed by atoms with Gasteiger partial charge in [0, 0.05) is 18.6 Å². The number of likely N-dealkylation sites (N-methyl/N-ethyl adjacent to an activating group) is 2. The first-order chi connectivity index (χ1) is 8.68. The summed E-state index contributed by atoms with van der Waals surface area (Å²) in [5, 5.41) is 10.3. The highest BCUT2D eigenvalue weighted by Gasteiger charge is 2.28. The molecule has 3 unspecified atom stereocenters. The van der Waals surface area contributed by atoms with Crippen LogP contribution in [0.3, 0.4) is 0 Å². The lowest BCUT2D eigenvalue weighted by Gasteiger charge is -2.36. The van der Waals surface area contributed by atoms with Crippen LogP contribution >= 0.6 is 0 Å². The Hall–Kier alpha value is -0.120. The fraction of sp³-hybridized carbons (Fsp3) is 1.00. The van der Waals surface area contributed by atoms with E-state index >= 15 is 0 Å². The van der Waals surface area contributed by atoms with Gasteiger partial charge in [-0.15, -0.1) is 0 Å². The molecule has 1 heterocycles. The summed E-state index contributed by atoms with van der Waals surface area (Å²) in [5.41, 5.74) is 0. The second kappa shape index (κ2) is 6.88. The number of hydrogen-bond donors (Lipinski definition) is 1. The Morgan fingerprint density at radius 3 is 2.44 bits per heavy atom. The first kappa shape index (κ1) is 14.3. The van der Waals surface area contributed by atoms with Gasteiger partial charge in [-0.2, -0.15) is 0 Å². The number of aliphatic hydroxyl groups is 1. The van der Waals surface area contributed by atoms with E-state index in [1.807, 2.05) is 0 Å². The Morgan fingerprint density at radius 2 is 1.78 bits per heavy atom. The van der Waals surface area contributed by atoms with Crippen molar-refractivity contribution in [2.45, 2.75) is 69.6 Å². The van der Waals surface area contributed by atoms with Crippen molar-refractivity contribution in [1.29, 1.82) is 0 Å². The lowest BCUT2D eigenvalue weighted by atomic mass is 9.93. The molecule has 2 rings (SSSR count). The summed E-state index contributed by atoms with van der Waals surface area (Å²) in [6.45, 7) is 2.37. The first-order valence-electron chi connectivity index (χ1n) is 7.77. The molecule has 2 aliphatic rings. The monoisotopic (exact) mass is 254 g/mol. The quantitative estimate of drug-likeness (QED) is 0.835. The number of rotatable bonds is 3. The molecule has 18 heavy (non-hydrogen) atoms. The van der Waals surface area contributed by atoms with Crippen LogP contribution in [0.25, 0.3) is 0 Å². The van der Waals surface area contributed by atoms with Crippen molar-refractivity contribution in [3.63, 3.8) is 0 Å². The lowest BCUT2D eigenvalue weighted by Crippen LogP contribution is -2.47. The van der Waals surface area contributed by atoms with Gasteiger partial charge in [0.25, 0.3) is 0 Å². The van der Waals surface area contributed by atoms with E-state index in [0.29, 0.717) is 12.1 Å². The molecule has 1 aliphatic carbocycles. The Labute approximate surface area is 112 Å². The van der Waals surface area contributed by atoms with E-state index in [-0.39, 0.29) is 6.10 Å². The number of hydrogen-bond acceptors (Lipinski definition) is 3. The average molecular weight is 254 g/mol. The van der Waals surface area contributed by atoms with Crippen LogP contribution in [0.2, 0.25) is 0 Å². The Kier molecular flexibility index (Phi) is 5.46. The highest BCUT2D eigenvalue weighted by atomic mass is 16.3. The van der Waals surface area contributed by atoms with Gasteiger partial charge in [0.15, 0.2) is 0 Å². The molecular weight excluding hydrogens is 224 g/mol. The molecular formula is C15H30N2O. The van der Waals surface area contributed by atoms with Gasteiger partial charge in [0.05, 0.1) is 6.10 Å². The van der Waals surface area contributed by atoms with Crippen LogP contribution in [0.15, 0.2) is 0 Å². The van der Waals surface area contributed by atoms with E-state index in [1.165, 1.54) is 51.5 Å². The van der Waals surface area contributed by atoms with Crippen LogP contribution in [0, 0.1) is 0 Å². The minimum atomic E-state index is -0.109. The van der Waals surface area contributed by atoms with Crippen molar-refractivity contribution < 1.29 is 5.11 Å². The SMILES string of the molecule is CN1CCCC1CN(C)C1CCCCCCC1O. The van der Waals surface area contributed by atoms with E-state index in [1.54, 1.807) is 0 Å². The summed E-state index contributed by atoms with van der Waals surface area (Å²) < 4.78 is 0. The van der Waals surface area contributed by atoms with Crippen molar-refractivity contribution in [2.75, 3.05) is 27.2 Å². The summed E-state index contributed by atoms with van der Waals surface area (Å²) in [4.78, 5) is 4.91. The van der Waals surface area contributed by atoms with Gasteiger partial charge in [-0.3, -0.25) is 4.90 Å². The average Bonchev–Trinajstić information content (AvgIpc) is 2.70. The smallest absolute Gasteiger partial charge is 0.0695 e. The zero-order valence-electron chi connectivity index (χ0n) is 12.1. The normalized spacial score (nSPS) is 35.7. The number of aliphatic hydroxyl groups excluding tert-OH is 1. The summed E-state index contributed by atoms with van der Waals surface area (Å²) >= 11 is 0. The van der Waals surface area contributed by atoms with E-state index in [0.717, 1.165) is 13.0 Å². The molecule has 3 nitrogen and oxygen atoms in total. The minimum Gasteiger partial charge on any atom is -0.391 e. The maximum atomic E-state index is 10.3. The van der Waals surface area contributed by atoms with Crippen LogP contribution in [0.4, 0.5) is 0 Å². The molecule has 3 atom stereocenters. The zero-order valence-corrected chi connectivity index (χ0v) is 12.1. The summed E-state index contributed by atoms with van der Waals surface area (Å²) in [7, 11) is 4.45. The predicted octanol–water partition coefficient (Wildman–Crippen LogP) is 2.10. The molecule has 0 aromatic carbocycles. The van der Waals surface area contributed by atoms with Gasteiger partial charge in [-0.1, -0.05) is 25.7 Å². The second-order valence-electron chi connectivity index (χ2n) is 6.34. The summed E-state index contributed by atoms with van der Waals surface area (Å²) in [6.07, 6.45) is 9.86. The Bertz CT molecular complexity index is 247. The molecule has 0 spiro atoms. The fourth-order valence-corrected chi connectivity index (χ4v) is 3.64. The van der Waals surface area contributed by atoms with Crippen molar-refractivity contribution in [3.8, 4) is 0 Å². The van der Waals surface area contributed by atoms with Gasteiger partial charge >= 0.3 is 0 Å². The van der Waals surface area contributed by atoms with E-state index in [9.17, 15) is 5.11 Å². The fourth-order valence-electron chi connectivity index (χ4n) is 3.64. The zero-order chi connectivity index (χ0) is 13.0. The second-order valence-corrected chi connectivity index (χ2v) is 6.34. The van der Waals surface area contributed by atoms with Crippen molar-refractivity contribution in [2.24, 2.45) is 0 Å². The molecule has 106 valence electrons. The third-order valence-corrected chi connectivity index (χ3v) is 4.93. The van der Waals surface area contributed by atoms with Crippen LogP contribution in [-0.4, -0.2) is 60.3 Å². The molecule has 1 saturated heterocycles. The first-order valence-corrected chi connectivity index (χ1v) is 7.77. The molecule has 0 aromatic rings. The number of likely N-dealkylation sites (tertiary alicyclic amines) is 1. The van der Waals surface area contributed by atoms with E-state index in [4.69, 9.17) is 0 Å². The molecule has 3 heteroatoms. The Balaban J connectivity index is 1.86. The maximum Gasteiger partial charge on any atom is 0.0695 e. The largest absolute Gasteiger partial charge is 0.391 e. The predicted molar refractivity (Wildman–Crippen MR) is 75.8 cm³/mol. The highest BCUT2D eigenvalue weighted by Crippen LogP contribution is 2.23. The van der Waals surface area contributed by atoms with E-state index < -0.39 is 0 Å². The molecule has 1 N–H and O–H groups in total. The number of nitrogens with zero attached hydrogens (tertiary/aromatic N) is 2. The van der Waals surface area contributed by atoms with Gasteiger partial charge < -0.3 is 10.0 Å². The van der Waals surface area contributed by atoms with Crippen molar-refractivity contribution in [1.82, 2.24) is 9.80 Å². The minimum absolute atomic E-state index is 0.109. The molecule has 2 fully saturated rings. The van der Waals surface area contributed by atoms with Gasteiger partial charge in [-0.05, 0) is 46.3 Å². The topological polar surface area (TPSA) is 26.7 Å². The van der Waals surface area contributed by atoms with Gasteiger partial charge in [0.2, 0.25) is 0 Å². The molecule has 0 amide bonds. The molecule has 0 radical (unpaired) electrons. The summed E-state index contributed by atoms with van der Waals surface area (Å²) in [6, 6.07) is 1.09. The van der Waals surface area contributed by atoms with Crippen LogP contribution < -0.4 is 0 Å². The molecule has 0 aromatic heterocycles. The van der Waals surface area contributed by atoms with Crippen LogP contribution in [0.1, 0.15) is 51.4 Å². The van der Waals surface area contributed by atoms with Crippen molar-refractivity contribution >= 4 is 0 Å². The van der Waals surface area contributed by atoms with Gasteiger partial charge in [-0.25, -0.2) is 0 Å². The maximum absolute atomic E-state index is 10.3.